The number of hydrogen-bond acceptors (Lipinski definition) is 8. The maximum atomic E-state index is 12.8. The summed E-state index contributed by atoms with van der Waals surface area (Å²) < 4.78 is 23.3. The maximum absolute atomic E-state index is 12.8. The molecule has 0 saturated heterocycles. The van der Waals surface area contributed by atoms with Crippen LogP contribution in [0.15, 0.2) is 60.8 Å². The molecule has 1 amide bonds. The van der Waals surface area contributed by atoms with E-state index in [1.165, 1.54) is 57.4 Å². The van der Waals surface area contributed by atoms with Crippen molar-refractivity contribution in [3.8, 4) is 0 Å². The van der Waals surface area contributed by atoms with E-state index in [9.17, 15) is 34.7 Å². The van der Waals surface area contributed by atoms with Gasteiger partial charge in [-0.05, 0) is 32.1 Å². The smallest absolute Gasteiger partial charge is 0.390 e. The van der Waals surface area contributed by atoms with Crippen molar-refractivity contribution in [1.82, 2.24) is 5.32 Å². The molecule has 1 unspecified atom stereocenters. The Morgan fingerprint density at radius 3 is 1.85 bits per heavy atom. The van der Waals surface area contributed by atoms with Gasteiger partial charge in [0.05, 0.1) is 58.2 Å². The van der Waals surface area contributed by atoms with Crippen LogP contribution in [0.25, 0.3) is 0 Å². The molecule has 0 aliphatic heterocycles. The number of nitrogens with zero attached hydrogens (tertiary/aromatic N) is 1. The molecular weight excluding hydrogens is 707 g/mol. The summed E-state index contributed by atoms with van der Waals surface area (Å²) in [6.45, 7) is 4.38. The van der Waals surface area contributed by atoms with Gasteiger partial charge in [0.2, 0.25) is 5.91 Å². The van der Waals surface area contributed by atoms with Gasteiger partial charge < -0.3 is 35.1 Å². The number of aliphatic hydroxyl groups is 4. The Balaban J connectivity index is 4.88. The Bertz CT molecular complexity index is 1120. The van der Waals surface area contributed by atoms with E-state index in [1.54, 1.807) is 48.6 Å². The van der Waals surface area contributed by atoms with Crippen molar-refractivity contribution >= 4 is 13.7 Å². The van der Waals surface area contributed by atoms with Gasteiger partial charge in [0.15, 0.2) is 0 Å². The van der Waals surface area contributed by atoms with E-state index < -0.39 is 50.8 Å². The molecule has 0 aliphatic rings. The minimum Gasteiger partial charge on any atom is -0.390 e. The van der Waals surface area contributed by atoms with Gasteiger partial charge in [-0.3, -0.25) is 13.8 Å². The fourth-order valence-corrected chi connectivity index (χ4v) is 6.10. The summed E-state index contributed by atoms with van der Waals surface area (Å²) in [6, 6.07) is -1.01. The molecular formula is C42H78N2O9P+. The van der Waals surface area contributed by atoms with E-state index >= 15 is 0 Å². The van der Waals surface area contributed by atoms with E-state index in [0.29, 0.717) is 11.0 Å². The van der Waals surface area contributed by atoms with Gasteiger partial charge in [0.1, 0.15) is 13.2 Å². The highest BCUT2D eigenvalue weighted by Gasteiger charge is 2.28. The third-order valence-corrected chi connectivity index (χ3v) is 9.83. The van der Waals surface area contributed by atoms with Gasteiger partial charge in [-0.25, -0.2) is 4.57 Å². The predicted octanol–water partition coefficient (Wildman–Crippen LogP) is 7.60. The highest BCUT2D eigenvalue weighted by molar-refractivity contribution is 7.47. The van der Waals surface area contributed by atoms with Gasteiger partial charge in [0.25, 0.3) is 0 Å². The second-order valence-corrected chi connectivity index (χ2v) is 16.7. The molecule has 12 heteroatoms. The van der Waals surface area contributed by atoms with Crippen molar-refractivity contribution in [2.24, 2.45) is 0 Å². The lowest BCUT2D eigenvalue weighted by Crippen LogP contribution is -2.45. The van der Waals surface area contributed by atoms with Crippen LogP contribution in [0, 0.1) is 0 Å². The molecule has 6 N–H and O–H groups in total. The van der Waals surface area contributed by atoms with Crippen LogP contribution >= 0.6 is 7.82 Å². The number of rotatable bonds is 35. The van der Waals surface area contributed by atoms with E-state index in [0.717, 1.165) is 44.9 Å². The lowest BCUT2D eigenvalue weighted by Gasteiger charge is -2.25. The molecule has 0 radical (unpaired) electrons. The van der Waals surface area contributed by atoms with E-state index in [1.807, 2.05) is 27.2 Å². The van der Waals surface area contributed by atoms with Gasteiger partial charge in [-0.1, -0.05) is 152 Å². The molecule has 0 heterocycles. The zero-order chi connectivity index (χ0) is 40.5. The fourth-order valence-electron chi connectivity index (χ4n) is 5.36. The fraction of sp³-hybridized carbons (Fsp3) is 0.738. The molecule has 54 heavy (non-hydrogen) atoms. The van der Waals surface area contributed by atoms with E-state index in [-0.39, 0.29) is 25.9 Å². The van der Waals surface area contributed by atoms with Crippen molar-refractivity contribution in [1.29, 1.82) is 0 Å². The number of aliphatic hydroxyl groups excluding tert-OH is 4. The molecule has 0 spiro atoms. The quantitative estimate of drug-likeness (QED) is 0.0125. The molecule has 0 aromatic rings. The number of nitrogens with one attached hydrogen (secondary N) is 1. The van der Waals surface area contributed by atoms with E-state index in [2.05, 4.69) is 19.2 Å². The van der Waals surface area contributed by atoms with Crippen molar-refractivity contribution in [3.63, 3.8) is 0 Å². The zero-order valence-electron chi connectivity index (χ0n) is 34.3. The van der Waals surface area contributed by atoms with Crippen LogP contribution in [-0.2, 0) is 18.4 Å². The number of quaternary nitrogens is 1. The minimum absolute atomic E-state index is 0.00132. The summed E-state index contributed by atoms with van der Waals surface area (Å²) in [5, 5.41) is 44.2. The number of hydrogen-bond donors (Lipinski definition) is 6. The third kappa shape index (κ3) is 33.4. The number of allylic oxidation sites excluding steroid dienone is 7. The van der Waals surface area contributed by atoms with Crippen LogP contribution in [0.4, 0.5) is 0 Å². The molecule has 0 aromatic carbocycles. The molecule has 0 aromatic heterocycles. The monoisotopic (exact) mass is 786 g/mol. The first-order chi connectivity index (χ1) is 25.7. The Morgan fingerprint density at radius 2 is 1.24 bits per heavy atom. The standard InChI is InChI=1S/C42H77N2O9P/c1-6-8-10-11-12-13-14-15-16-17-21-25-30-39(46)38(36-53-54(50,51)52-35-34-44(3,4)5)43-42(49)33-27-32-41(48)40(47)31-26-22-19-18-20-24-29-37(45)28-23-9-7-2/h18-20,22,24-26,29-31,37-41,45-48H,6-17,21,23,27-28,32-36H2,1-5H3,(H-,43,49,50,51)/p+1/b20-18-,22-19+,29-24+,30-25+,31-26+/t37-,38-,39+,40-,41-/m0/s1. The molecule has 0 rings (SSSR count). The molecule has 0 fully saturated rings. The average molecular weight is 786 g/mol. The van der Waals surface area contributed by atoms with Crippen molar-refractivity contribution < 1.29 is 48.2 Å². The van der Waals surface area contributed by atoms with Crippen molar-refractivity contribution in [2.45, 2.75) is 160 Å². The number of likely N-dealkylation sites (N-methyl/N-ethyl adjacent to an activating group) is 1. The number of carbonyl (C=O) groups is 1. The molecule has 11 nitrogen and oxygen atoms in total. The summed E-state index contributed by atoms with van der Waals surface area (Å²) in [6.07, 6.45) is 30.8. The van der Waals surface area contributed by atoms with Crippen LogP contribution in [0.1, 0.15) is 129 Å². The summed E-state index contributed by atoms with van der Waals surface area (Å²) in [7, 11) is 1.34. The Labute approximate surface area is 328 Å². The second kappa shape index (κ2) is 33.2. The first kappa shape index (κ1) is 52.1. The number of unbranched alkanes of at least 4 members (excludes halogenated alkanes) is 12. The highest BCUT2D eigenvalue weighted by Crippen LogP contribution is 2.43. The van der Waals surface area contributed by atoms with Crippen LogP contribution in [-0.4, -0.2) is 107 Å². The summed E-state index contributed by atoms with van der Waals surface area (Å²) in [5.41, 5.74) is 0. The predicted molar refractivity (Wildman–Crippen MR) is 221 cm³/mol. The second-order valence-electron chi connectivity index (χ2n) is 15.2. The van der Waals surface area contributed by atoms with Crippen LogP contribution < -0.4 is 5.32 Å². The van der Waals surface area contributed by atoms with Gasteiger partial charge in [-0.2, -0.15) is 0 Å². The summed E-state index contributed by atoms with van der Waals surface area (Å²) >= 11 is 0. The molecule has 0 saturated carbocycles. The largest absolute Gasteiger partial charge is 0.472 e. The first-order valence-electron chi connectivity index (χ1n) is 20.5. The number of phosphoric acid groups is 1. The average Bonchev–Trinajstić information content (AvgIpc) is 3.10. The molecule has 0 bridgehead atoms. The SMILES string of the molecule is CCCCCCCCCCCC/C=C/[C@@H](O)[C@H](COP(=O)(O)OCC[N+](C)(C)C)NC(=O)CCC[C@H](O)[C@@H](O)/C=C/C=C/C=C\C=C\[C@@H](O)CCCCC. The van der Waals surface area contributed by atoms with Crippen molar-refractivity contribution in [2.75, 3.05) is 40.9 Å². The van der Waals surface area contributed by atoms with Gasteiger partial charge >= 0.3 is 7.82 Å². The summed E-state index contributed by atoms with van der Waals surface area (Å²) in [4.78, 5) is 23.1. The normalized spacial score (nSPS) is 16.9. The van der Waals surface area contributed by atoms with Gasteiger partial charge in [0, 0.05) is 6.42 Å². The van der Waals surface area contributed by atoms with Gasteiger partial charge in [-0.15, -0.1) is 0 Å². The third-order valence-electron chi connectivity index (χ3n) is 8.85. The van der Waals surface area contributed by atoms with Crippen LogP contribution in [0.2, 0.25) is 0 Å². The van der Waals surface area contributed by atoms with Crippen LogP contribution in [0.5, 0.6) is 0 Å². The number of amides is 1. The highest BCUT2D eigenvalue weighted by atomic mass is 31.2. The Morgan fingerprint density at radius 1 is 0.685 bits per heavy atom. The molecule has 314 valence electrons. The maximum Gasteiger partial charge on any atom is 0.472 e. The van der Waals surface area contributed by atoms with Crippen LogP contribution in [0.3, 0.4) is 0 Å². The number of phosphoric ester groups is 1. The summed E-state index contributed by atoms with van der Waals surface area (Å²) in [5.74, 6) is -0.432. The lowest BCUT2D eigenvalue weighted by molar-refractivity contribution is -0.870. The molecule has 6 atom stereocenters. The number of carbonyl (C=O) groups excluding carboxylic acids is 1. The Hall–Kier alpha value is -1.92. The Kier molecular flexibility index (Phi) is 32.1. The lowest BCUT2D eigenvalue weighted by atomic mass is 10.0. The van der Waals surface area contributed by atoms with E-state index in [4.69, 9.17) is 9.05 Å². The first-order valence-corrected chi connectivity index (χ1v) is 22.0. The minimum atomic E-state index is -4.43. The zero-order valence-corrected chi connectivity index (χ0v) is 35.2. The topological polar surface area (TPSA) is 166 Å². The van der Waals surface area contributed by atoms with Crippen molar-refractivity contribution in [3.05, 3.63) is 60.8 Å². The molecule has 0 aliphatic carbocycles.